The first-order valence-corrected chi connectivity index (χ1v) is 4.84. The SMILES string of the molecule is O=C(O)C1(CNc2ccc[nH]2)CCC1. The van der Waals surface area contributed by atoms with Crippen molar-refractivity contribution in [3.05, 3.63) is 18.3 Å². The molecule has 4 nitrogen and oxygen atoms in total. The van der Waals surface area contributed by atoms with Gasteiger partial charge in [0.25, 0.3) is 0 Å². The highest BCUT2D eigenvalue weighted by atomic mass is 16.4. The van der Waals surface area contributed by atoms with Crippen molar-refractivity contribution in [3.8, 4) is 0 Å². The fourth-order valence-electron chi connectivity index (χ4n) is 1.77. The first-order chi connectivity index (χ1) is 6.73. The van der Waals surface area contributed by atoms with Crippen molar-refractivity contribution in [3.63, 3.8) is 0 Å². The lowest BCUT2D eigenvalue weighted by Gasteiger charge is -2.37. The molecule has 0 saturated heterocycles. The molecule has 1 heterocycles. The van der Waals surface area contributed by atoms with E-state index in [1.165, 1.54) is 0 Å². The molecule has 1 aliphatic carbocycles. The van der Waals surface area contributed by atoms with Gasteiger partial charge in [0, 0.05) is 12.7 Å². The number of rotatable bonds is 4. The van der Waals surface area contributed by atoms with E-state index >= 15 is 0 Å². The molecule has 1 aliphatic rings. The molecule has 0 unspecified atom stereocenters. The Kier molecular flexibility index (Phi) is 2.19. The third-order valence-electron chi connectivity index (χ3n) is 2.98. The van der Waals surface area contributed by atoms with Crippen LogP contribution in [0.25, 0.3) is 0 Å². The van der Waals surface area contributed by atoms with Gasteiger partial charge in [-0.2, -0.15) is 0 Å². The molecular weight excluding hydrogens is 180 g/mol. The number of carboxylic acid groups (broad SMARTS) is 1. The van der Waals surface area contributed by atoms with E-state index in [0.717, 1.165) is 25.1 Å². The lowest BCUT2D eigenvalue weighted by Crippen LogP contribution is -2.43. The molecule has 0 aromatic carbocycles. The van der Waals surface area contributed by atoms with Gasteiger partial charge in [-0.25, -0.2) is 0 Å². The highest BCUT2D eigenvalue weighted by Crippen LogP contribution is 2.41. The molecule has 1 saturated carbocycles. The Balaban J connectivity index is 1.93. The van der Waals surface area contributed by atoms with Crippen molar-refractivity contribution in [2.45, 2.75) is 19.3 Å². The van der Waals surface area contributed by atoms with Gasteiger partial charge >= 0.3 is 5.97 Å². The third kappa shape index (κ3) is 1.47. The smallest absolute Gasteiger partial charge is 0.311 e. The third-order valence-corrected chi connectivity index (χ3v) is 2.98. The zero-order chi connectivity index (χ0) is 10.0. The average Bonchev–Trinajstić information content (AvgIpc) is 2.53. The van der Waals surface area contributed by atoms with Crippen molar-refractivity contribution in [2.75, 3.05) is 11.9 Å². The van der Waals surface area contributed by atoms with Crippen LogP contribution in [0, 0.1) is 5.41 Å². The topological polar surface area (TPSA) is 65.1 Å². The number of carboxylic acids is 1. The average molecular weight is 194 g/mol. The number of aromatic amines is 1. The highest BCUT2D eigenvalue weighted by Gasteiger charge is 2.44. The van der Waals surface area contributed by atoms with E-state index in [0.29, 0.717) is 6.54 Å². The Morgan fingerprint density at radius 2 is 2.43 bits per heavy atom. The summed E-state index contributed by atoms with van der Waals surface area (Å²) in [5, 5.41) is 12.2. The summed E-state index contributed by atoms with van der Waals surface area (Å²) in [5.74, 6) is 0.209. The number of hydrogen-bond donors (Lipinski definition) is 3. The molecule has 3 N–H and O–H groups in total. The zero-order valence-electron chi connectivity index (χ0n) is 7.92. The monoisotopic (exact) mass is 194 g/mol. The maximum Gasteiger partial charge on any atom is 0.311 e. The van der Waals surface area contributed by atoms with Gasteiger partial charge in [-0.05, 0) is 25.0 Å². The van der Waals surface area contributed by atoms with E-state index in [4.69, 9.17) is 5.11 Å². The summed E-state index contributed by atoms with van der Waals surface area (Å²) in [6, 6.07) is 3.78. The number of aliphatic carboxylic acids is 1. The van der Waals surface area contributed by atoms with Crippen molar-refractivity contribution in [1.82, 2.24) is 4.98 Å². The Morgan fingerprint density at radius 3 is 2.86 bits per heavy atom. The molecular formula is C10H14N2O2. The predicted molar refractivity (Wildman–Crippen MR) is 53.2 cm³/mol. The number of carbonyl (C=O) groups is 1. The van der Waals surface area contributed by atoms with Crippen LogP contribution in [-0.4, -0.2) is 22.6 Å². The van der Waals surface area contributed by atoms with Crippen LogP contribution in [0.1, 0.15) is 19.3 Å². The van der Waals surface area contributed by atoms with Crippen molar-refractivity contribution in [1.29, 1.82) is 0 Å². The molecule has 0 radical (unpaired) electrons. The van der Waals surface area contributed by atoms with E-state index in [9.17, 15) is 4.79 Å². The molecule has 1 fully saturated rings. The van der Waals surface area contributed by atoms with Crippen LogP contribution in [0.4, 0.5) is 5.82 Å². The number of hydrogen-bond acceptors (Lipinski definition) is 2. The molecule has 0 amide bonds. The van der Waals surface area contributed by atoms with Crippen LogP contribution in [0.2, 0.25) is 0 Å². The lowest BCUT2D eigenvalue weighted by molar-refractivity contribution is -0.153. The number of anilines is 1. The van der Waals surface area contributed by atoms with E-state index < -0.39 is 11.4 Å². The van der Waals surface area contributed by atoms with Gasteiger partial charge < -0.3 is 15.4 Å². The summed E-state index contributed by atoms with van der Waals surface area (Å²) in [7, 11) is 0. The molecule has 14 heavy (non-hydrogen) atoms. The molecule has 0 bridgehead atoms. The second-order valence-electron chi connectivity index (χ2n) is 3.88. The van der Waals surface area contributed by atoms with E-state index in [1.807, 2.05) is 18.3 Å². The summed E-state index contributed by atoms with van der Waals surface area (Å²) in [6.45, 7) is 0.517. The molecule has 0 aliphatic heterocycles. The fraction of sp³-hybridized carbons (Fsp3) is 0.500. The Morgan fingerprint density at radius 1 is 1.64 bits per heavy atom. The second kappa shape index (κ2) is 3.36. The van der Waals surface area contributed by atoms with Crippen LogP contribution < -0.4 is 5.32 Å². The minimum absolute atomic E-state index is 0.517. The summed E-state index contributed by atoms with van der Waals surface area (Å²) in [6.07, 6.45) is 4.42. The standard InChI is InChI=1S/C10H14N2O2/c13-9(14)10(4-2-5-10)7-12-8-3-1-6-11-8/h1,3,6,11-12H,2,4-5,7H2,(H,13,14). The van der Waals surface area contributed by atoms with Crippen molar-refractivity contribution < 1.29 is 9.90 Å². The van der Waals surface area contributed by atoms with Gasteiger partial charge in [0.05, 0.1) is 5.41 Å². The predicted octanol–water partition coefficient (Wildman–Crippen LogP) is 1.68. The van der Waals surface area contributed by atoms with Crippen LogP contribution in [0.15, 0.2) is 18.3 Å². The largest absolute Gasteiger partial charge is 0.481 e. The van der Waals surface area contributed by atoms with Gasteiger partial charge in [-0.1, -0.05) is 6.42 Å². The van der Waals surface area contributed by atoms with Crippen LogP contribution >= 0.6 is 0 Å². The Hall–Kier alpha value is -1.45. The number of H-pyrrole nitrogens is 1. The second-order valence-corrected chi connectivity index (χ2v) is 3.88. The zero-order valence-corrected chi connectivity index (χ0v) is 7.92. The highest BCUT2D eigenvalue weighted by molar-refractivity contribution is 5.76. The molecule has 76 valence electrons. The van der Waals surface area contributed by atoms with E-state index in [1.54, 1.807) is 0 Å². The van der Waals surface area contributed by atoms with Crippen LogP contribution in [0.3, 0.4) is 0 Å². The fourth-order valence-corrected chi connectivity index (χ4v) is 1.77. The number of nitrogens with one attached hydrogen (secondary N) is 2. The first-order valence-electron chi connectivity index (χ1n) is 4.84. The van der Waals surface area contributed by atoms with Gasteiger partial charge in [0.2, 0.25) is 0 Å². The van der Waals surface area contributed by atoms with E-state index in [-0.39, 0.29) is 0 Å². The summed E-state index contributed by atoms with van der Waals surface area (Å²) >= 11 is 0. The van der Waals surface area contributed by atoms with Gasteiger partial charge in [-0.15, -0.1) is 0 Å². The van der Waals surface area contributed by atoms with Crippen molar-refractivity contribution in [2.24, 2.45) is 5.41 Å². The Labute approximate surface area is 82.3 Å². The maximum atomic E-state index is 11.0. The number of aromatic nitrogens is 1. The lowest BCUT2D eigenvalue weighted by atomic mass is 9.69. The molecule has 2 rings (SSSR count). The molecule has 1 aromatic heterocycles. The first kappa shape index (κ1) is 9.12. The van der Waals surface area contributed by atoms with Crippen molar-refractivity contribution >= 4 is 11.8 Å². The van der Waals surface area contributed by atoms with Gasteiger partial charge in [0.1, 0.15) is 5.82 Å². The molecule has 0 atom stereocenters. The van der Waals surface area contributed by atoms with Gasteiger partial charge in [0.15, 0.2) is 0 Å². The van der Waals surface area contributed by atoms with E-state index in [2.05, 4.69) is 10.3 Å². The summed E-state index contributed by atoms with van der Waals surface area (Å²) < 4.78 is 0. The van der Waals surface area contributed by atoms with Crippen LogP contribution in [-0.2, 0) is 4.79 Å². The molecule has 1 aromatic rings. The minimum atomic E-state index is -0.678. The van der Waals surface area contributed by atoms with Gasteiger partial charge in [-0.3, -0.25) is 4.79 Å². The minimum Gasteiger partial charge on any atom is -0.481 e. The molecule has 4 heteroatoms. The quantitative estimate of drug-likeness (QED) is 0.683. The maximum absolute atomic E-state index is 11.0. The molecule has 0 spiro atoms. The normalized spacial score (nSPS) is 18.6. The Bertz CT molecular complexity index is 315. The van der Waals surface area contributed by atoms with Crippen LogP contribution in [0.5, 0.6) is 0 Å². The summed E-state index contributed by atoms with van der Waals surface area (Å²) in [5.41, 5.74) is -0.523. The summed E-state index contributed by atoms with van der Waals surface area (Å²) in [4.78, 5) is 14.0.